The lowest BCUT2D eigenvalue weighted by atomic mass is 10.2. The Labute approximate surface area is 170 Å². The number of benzene rings is 1. The summed E-state index contributed by atoms with van der Waals surface area (Å²) in [6.07, 6.45) is 2.28. The molecule has 0 bridgehead atoms. The quantitative estimate of drug-likeness (QED) is 0.380. The van der Waals surface area contributed by atoms with E-state index in [1.807, 2.05) is 31.0 Å². The summed E-state index contributed by atoms with van der Waals surface area (Å²) in [5.74, 6) is 1.73. The van der Waals surface area contributed by atoms with E-state index in [-0.39, 0.29) is 5.91 Å². The molecule has 28 heavy (non-hydrogen) atoms. The molecule has 2 rings (SSSR count). The number of hydrogen-bond donors (Lipinski definition) is 2. The van der Waals surface area contributed by atoms with E-state index in [1.165, 1.54) is 6.26 Å². The zero-order valence-corrected chi connectivity index (χ0v) is 17.3. The fourth-order valence-corrected chi connectivity index (χ4v) is 2.62. The average Bonchev–Trinajstić information content (AvgIpc) is 3.12. The van der Waals surface area contributed by atoms with Gasteiger partial charge in [-0.25, -0.2) is 0 Å². The molecular formula is C20H27ClN4O3. The van der Waals surface area contributed by atoms with Crippen LogP contribution in [0.3, 0.4) is 0 Å². The van der Waals surface area contributed by atoms with Gasteiger partial charge in [0.05, 0.1) is 12.8 Å². The van der Waals surface area contributed by atoms with Gasteiger partial charge in [-0.1, -0.05) is 11.6 Å². The molecule has 0 aliphatic rings. The molecule has 7 nitrogen and oxygen atoms in total. The molecule has 0 saturated heterocycles. The summed E-state index contributed by atoms with van der Waals surface area (Å²) < 4.78 is 10.9. The molecule has 2 aromatic rings. The van der Waals surface area contributed by atoms with Gasteiger partial charge in [0.25, 0.3) is 5.91 Å². The van der Waals surface area contributed by atoms with Gasteiger partial charge in [-0.3, -0.25) is 9.79 Å². The molecule has 1 amide bonds. The molecule has 0 unspecified atom stereocenters. The molecular weight excluding hydrogens is 380 g/mol. The number of carbonyl (C=O) groups excluding carboxylic acids is 1. The van der Waals surface area contributed by atoms with Crippen LogP contribution in [-0.4, -0.2) is 57.1 Å². The van der Waals surface area contributed by atoms with Crippen LogP contribution in [0.4, 0.5) is 0 Å². The van der Waals surface area contributed by atoms with Crippen LogP contribution in [-0.2, 0) is 0 Å². The van der Waals surface area contributed by atoms with E-state index in [0.29, 0.717) is 37.0 Å². The van der Waals surface area contributed by atoms with E-state index in [2.05, 4.69) is 15.6 Å². The summed E-state index contributed by atoms with van der Waals surface area (Å²) in [5, 5.41) is 6.81. The molecule has 0 aliphatic carbocycles. The number of carbonyl (C=O) groups is 1. The normalized spacial score (nSPS) is 11.2. The topological polar surface area (TPSA) is 79.1 Å². The third-order valence-electron chi connectivity index (χ3n) is 4.07. The first-order valence-electron chi connectivity index (χ1n) is 9.13. The summed E-state index contributed by atoms with van der Waals surface area (Å²) in [5.41, 5.74) is 0.832. The van der Waals surface area contributed by atoms with Crippen LogP contribution in [0.2, 0.25) is 5.02 Å². The van der Waals surface area contributed by atoms with Crippen LogP contribution in [0, 0.1) is 6.92 Å². The zero-order chi connectivity index (χ0) is 20.4. The minimum Gasteiger partial charge on any atom is -0.492 e. The summed E-state index contributed by atoms with van der Waals surface area (Å²) in [6, 6.07) is 9.05. The monoisotopic (exact) mass is 406 g/mol. The number of ether oxygens (including phenoxy) is 1. The van der Waals surface area contributed by atoms with Crippen LogP contribution in [0.25, 0.3) is 0 Å². The maximum atomic E-state index is 12.0. The van der Waals surface area contributed by atoms with E-state index in [9.17, 15) is 4.79 Å². The zero-order valence-electron chi connectivity index (χ0n) is 16.5. The van der Waals surface area contributed by atoms with Crippen LogP contribution < -0.4 is 15.4 Å². The second-order valence-corrected chi connectivity index (χ2v) is 6.68. The van der Waals surface area contributed by atoms with Gasteiger partial charge in [-0.2, -0.15) is 0 Å². The smallest absolute Gasteiger partial charge is 0.287 e. The van der Waals surface area contributed by atoms with Crippen LogP contribution in [0.5, 0.6) is 5.75 Å². The molecule has 1 heterocycles. The second kappa shape index (κ2) is 11.2. The van der Waals surface area contributed by atoms with Gasteiger partial charge in [0, 0.05) is 37.8 Å². The van der Waals surface area contributed by atoms with Crippen molar-refractivity contribution < 1.29 is 13.9 Å². The van der Waals surface area contributed by atoms with E-state index in [0.717, 1.165) is 23.7 Å². The lowest BCUT2D eigenvalue weighted by Crippen LogP contribution is -2.41. The molecule has 8 heteroatoms. The number of likely N-dealkylation sites (N-methyl/N-ethyl adjacent to an activating group) is 1. The van der Waals surface area contributed by atoms with Crippen molar-refractivity contribution in [1.29, 1.82) is 0 Å². The summed E-state index contributed by atoms with van der Waals surface area (Å²) in [7, 11) is 3.68. The minimum absolute atomic E-state index is 0.191. The molecule has 0 spiro atoms. The SMILES string of the molecule is CN=C(NCCCNC(=O)c1occc1C)N(C)CCOc1ccc(Cl)cc1. The largest absolute Gasteiger partial charge is 0.492 e. The number of nitrogens with one attached hydrogen (secondary N) is 2. The Kier molecular flexibility index (Phi) is 8.68. The van der Waals surface area contributed by atoms with Gasteiger partial charge in [0.2, 0.25) is 0 Å². The lowest BCUT2D eigenvalue weighted by Gasteiger charge is -2.22. The molecule has 0 fully saturated rings. The summed E-state index contributed by atoms with van der Waals surface area (Å²) in [6.45, 7) is 4.28. The third-order valence-corrected chi connectivity index (χ3v) is 4.32. The van der Waals surface area contributed by atoms with Crippen molar-refractivity contribution in [3.63, 3.8) is 0 Å². The molecule has 0 atom stereocenters. The highest BCUT2D eigenvalue weighted by atomic mass is 35.5. The minimum atomic E-state index is -0.191. The number of amides is 1. The van der Waals surface area contributed by atoms with Crippen molar-refractivity contribution in [1.82, 2.24) is 15.5 Å². The number of furan rings is 1. The van der Waals surface area contributed by atoms with Crippen LogP contribution in [0.15, 0.2) is 46.0 Å². The Hall–Kier alpha value is -2.67. The summed E-state index contributed by atoms with van der Waals surface area (Å²) >= 11 is 5.86. The van der Waals surface area contributed by atoms with Crippen molar-refractivity contribution in [2.24, 2.45) is 4.99 Å². The Morgan fingerprint density at radius 2 is 1.93 bits per heavy atom. The number of hydrogen-bond acceptors (Lipinski definition) is 4. The first kappa shape index (κ1) is 21.6. The lowest BCUT2D eigenvalue weighted by molar-refractivity contribution is 0.0925. The van der Waals surface area contributed by atoms with E-state index in [1.54, 1.807) is 25.2 Å². The fraction of sp³-hybridized carbons (Fsp3) is 0.400. The predicted octanol–water partition coefficient (Wildman–Crippen LogP) is 2.95. The first-order chi connectivity index (χ1) is 13.5. The maximum absolute atomic E-state index is 12.0. The van der Waals surface area contributed by atoms with Gasteiger partial charge in [-0.15, -0.1) is 0 Å². The molecule has 0 saturated carbocycles. The molecule has 1 aromatic carbocycles. The van der Waals surface area contributed by atoms with Crippen molar-refractivity contribution in [2.45, 2.75) is 13.3 Å². The van der Waals surface area contributed by atoms with Crippen molar-refractivity contribution in [3.05, 3.63) is 52.9 Å². The molecule has 2 N–H and O–H groups in total. The van der Waals surface area contributed by atoms with Crippen molar-refractivity contribution >= 4 is 23.5 Å². The summed E-state index contributed by atoms with van der Waals surface area (Å²) in [4.78, 5) is 18.2. The number of rotatable bonds is 9. The Morgan fingerprint density at radius 1 is 1.21 bits per heavy atom. The Morgan fingerprint density at radius 3 is 2.57 bits per heavy atom. The number of aliphatic imine (C=N–C) groups is 1. The van der Waals surface area contributed by atoms with Gasteiger partial charge >= 0.3 is 0 Å². The van der Waals surface area contributed by atoms with Crippen molar-refractivity contribution in [3.8, 4) is 5.75 Å². The highest BCUT2D eigenvalue weighted by Gasteiger charge is 2.11. The van der Waals surface area contributed by atoms with E-state index in [4.69, 9.17) is 20.8 Å². The van der Waals surface area contributed by atoms with Crippen LogP contribution in [0.1, 0.15) is 22.5 Å². The van der Waals surface area contributed by atoms with Gasteiger partial charge in [-0.05, 0) is 43.7 Å². The van der Waals surface area contributed by atoms with E-state index < -0.39 is 0 Å². The Bertz CT molecular complexity index is 774. The van der Waals surface area contributed by atoms with Gasteiger partial charge < -0.3 is 24.7 Å². The maximum Gasteiger partial charge on any atom is 0.287 e. The number of aryl methyl sites for hydroxylation is 1. The number of halogens is 1. The predicted molar refractivity (Wildman–Crippen MR) is 111 cm³/mol. The third kappa shape index (κ3) is 6.81. The number of nitrogens with zero attached hydrogens (tertiary/aromatic N) is 2. The van der Waals surface area contributed by atoms with Crippen molar-refractivity contribution in [2.75, 3.05) is 40.3 Å². The molecule has 1 aromatic heterocycles. The first-order valence-corrected chi connectivity index (χ1v) is 9.51. The second-order valence-electron chi connectivity index (χ2n) is 6.24. The number of guanidine groups is 1. The Balaban J connectivity index is 1.62. The fourth-order valence-electron chi connectivity index (χ4n) is 2.50. The highest BCUT2D eigenvalue weighted by molar-refractivity contribution is 6.30. The molecule has 0 aliphatic heterocycles. The van der Waals surface area contributed by atoms with Crippen LogP contribution >= 0.6 is 11.6 Å². The molecule has 0 radical (unpaired) electrons. The standard InChI is InChI=1S/C20H27ClN4O3/c1-15-9-13-28-18(15)19(26)23-10-4-11-24-20(22-2)25(3)12-14-27-17-7-5-16(21)6-8-17/h5-9,13H,4,10-12,14H2,1-3H3,(H,22,24)(H,23,26). The average molecular weight is 407 g/mol. The van der Waals surface area contributed by atoms with E-state index >= 15 is 0 Å². The molecule has 152 valence electrons. The van der Waals surface area contributed by atoms with Gasteiger partial charge in [0.15, 0.2) is 11.7 Å². The van der Waals surface area contributed by atoms with Gasteiger partial charge in [0.1, 0.15) is 12.4 Å². The highest BCUT2D eigenvalue weighted by Crippen LogP contribution is 2.15.